The highest BCUT2D eigenvalue weighted by molar-refractivity contribution is 5.85. The summed E-state index contributed by atoms with van der Waals surface area (Å²) < 4.78 is 5.46. The summed E-state index contributed by atoms with van der Waals surface area (Å²) in [4.78, 5) is 23.5. The van der Waals surface area contributed by atoms with Crippen molar-refractivity contribution in [1.29, 1.82) is 0 Å². The summed E-state index contributed by atoms with van der Waals surface area (Å²) in [7, 11) is 0. The lowest BCUT2D eigenvalue weighted by Crippen LogP contribution is -2.47. The van der Waals surface area contributed by atoms with Gasteiger partial charge in [-0.25, -0.2) is 0 Å². The molecule has 0 unspecified atom stereocenters. The maximum Gasteiger partial charge on any atom is 0.224 e. The molecule has 3 fully saturated rings. The van der Waals surface area contributed by atoms with Crippen LogP contribution >= 0.6 is 0 Å². The lowest BCUT2D eigenvalue weighted by molar-refractivity contribution is -0.314. The number of nitrogens with one attached hydrogen (secondary N) is 1. The van der Waals surface area contributed by atoms with Gasteiger partial charge in [0.05, 0.1) is 6.10 Å². The predicted octanol–water partition coefficient (Wildman–Crippen LogP) is -0.306. The summed E-state index contributed by atoms with van der Waals surface area (Å²) in [5.41, 5.74) is 0. The average Bonchev–Trinajstić information content (AvgIpc) is 3.10. The number of rotatable bonds is 4. The first-order valence-corrected chi connectivity index (χ1v) is 7.27. The summed E-state index contributed by atoms with van der Waals surface area (Å²) in [5, 5.41) is 14.1. The topological polar surface area (TPSA) is 78.5 Å². The second kappa shape index (κ2) is 5.12. The van der Waals surface area contributed by atoms with Crippen LogP contribution in [0, 0.1) is 23.7 Å². The van der Waals surface area contributed by atoms with Crippen molar-refractivity contribution in [2.75, 3.05) is 13.2 Å². The quantitative estimate of drug-likeness (QED) is 0.757. The van der Waals surface area contributed by atoms with Gasteiger partial charge in [-0.15, -0.1) is 0 Å². The van der Waals surface area contributed by atoms with E-state index in [1.165, 1.54) is 0 Å². The Hall–Kier alpha value is -1.10. The Bertz CT molecular complexity index is 378. The van der Waals surface area contributed by atoms with E-state index in [1.807, 2.05) is 0 Å². The van der Waals surface area contributed by atoms with Crippen molar-refractivity contribution in [2.45, 2.75) is 38.2 Å². The zero-order chi connectivity index (χ0) is 13.4. The molecule has 1 amide bonds. The Morgan fingerprint density at radius 3 is 2.53 bits per heavy atom. The predicted molar refractivity (Wildman–Crippen MR) is 64.8 cm³/mol. The third-order valence-electron chi connectivity index (χ3n) is 5.02. The molecule has 1 saturated heterocycles. The molecule has 5 atom stereocenters. The maximum absolute atomic E-state index is 12.2. The summed E-state index contributed by atoms with van der Waals surface area (Å²) in [6, 6.07) is 0. The second-order valence-electron chi connectivity index (χ2n) is 6.08. The van der Waals surface area contributed by atoms with Gasteiger partial charge in [-0.05, 0) is 43.9 Å². The van der Waals surface area contributed by atoms with E-state index in [4.69, 9.17) is 4.74 Å². The van der Waals surface area contributed by atoms with E-state index in [-0.39, 0.29) is 29.8 Å². The van der Waals surface area contributed by atoms with Crippen LogP contribution in [-0.4, -0.2) is 31.1 Å². The van der Waals surface area contributed by atoms with Crippen LogP contribution in [0.1, 0.15) is 32.1 Å². The van der Waals surface area contributed by atoms with Gasteiger partial charge in [0, 0.05) is 31.0 Å². The fraction of sp³-hybridized carbons (Fsp3) is 0.857. The van der Waals surface area contributed by atoms with E-state index in [1.54, 1.807) is 0 Å². The minimum atomic E-state index is -1.05. The number of hydrogen-bond donors (Lipinski definition) is 1. The number of aliphatic carboxylic acids is 1. The number of carboxylic acid groups (broad SMARTS) is 1. The molecule has 3 rings (SSSR count). The summed E-state index contributed by atoms with van der Waals surface area (Å²) in [5.74, 6) is -1.75. The highest BCUT2D eigenvalue weighted by Gasteiger charge is 2.51. The monoisotopic (exact) mass is 266 g/mol. The first-order valence-electron chi connectivity index (χ1n) is 7.27. The SMILES string of the molecule is O=C([O-])[C@H]1[C@H]2CC[C@H](C2)[C@@H]1C(=O)NC[C@@H]1CCCO1. The van der Waals surface area contributed by atoms with E-state index >= 15 is 0 Å². The summed E-state index contributed by atoms with van der Waals surface area (Å²) in [6.07, 6.45) is 4.89. The van der Waals surface area contributed by atoms with Crippen molar-refractivity contribution < 1.29 is 19.4 Å². The molecule has 0 aromatic heterocycles. The number of fused-ring (bicyclic) bond motifs is 2. The smallest absolute Gasteiger partial charge is 0.224 e. The molecule has 19 heavy (non-hydrogen) atoms. The van der Waals surface area contributed by atoms with Crippen molar-refractivity contribution >= 4 is 11.9 Å². The van der Waals surface area contributed by atoms with Gasteiger partial charge in [-0.2, -0.15) is 0 Å². The number of hydrogen-bond acceptors (Lipinski definition) is 4. The first kappa shape index (κ1) is 12.9. The number of carbonyl (C=O) groups excluding carboxylic acids is 2. The van der Waals surface area contributed by atoms with Crippen LogP contribution in [0.5, 0.6) is 0 Å². The van der Waals surface area contributed by atoms with Gasteiger partial charge in [0.25, 0.3) is 0 Å². The molecule has 5 heteroatoms. The fourth-order valence-corrected chi connectivity index (χ4v) is 4.15. The fourth-order valence-electron chi connectivity index (χ4n) is 4.15. The molecule has 1 aliphatic heterocycles. The molecule has 3 aliphatic rings. The van der Waals surface area contributed by atoms with Gasteiger partial charge >= 0.3 is 0 Å². The second-order valence-corrected chi connectivity index (χ2v) is 6.08. The van der Waals surface area contributed by atoms with Crippen LogP contribution < -0.4 is 10.4 Å². The number of ether oxygens (including phenoxy) is 1. The van der Waals surface area contributed by atoms with Crippen LogP contribution in [-0.2, 0) is 14.3 Å². The van der Waals surface area contributed by atoms with Gasteiger partial charge < -0.3 is 20.0 Å². The zero-order valence-corrected chi connectivity index (χ0v) is 11.0. The van der Waals surface area contributed by atoms with E-state index in [0.29, 0.717) is 6.54 Å². The van der Waals surface area contributed by atoms with E-state index < -0.39 is 11.9 Å². The van der Waals surface area contributed by atoms with Gasteiger partial charge in [0.2, 0.25) is 5.91 Å². The van der Waals surface area contributed by atoms with Crippen molar-refractivity contribution in [3.05, 3.63) is 0 Å². The lowest BCUT2D eigenvalue weighted by atomic mass is 9.78. The molecule has 106 valence electrons. The Morgan fingerprint density at radius 1 is 1.16 bits per heavy atom. The highest BCUT2D eigenvalue weighted by atomic mass is 16.5. The molecule has 0 radical (unpaired) electrons. The molecule has 2 bridgehead atoms. The molecule has 2 aliphatic carbocycles. The third kappa shape index (κ3) is 2.36. The molecule has 0 spiro atoms. The molecule has 5 nitrogen and oxygen atoms in total. The molecule has 1 N–H and O–H groups in total. The third-order valence-corrected chi connectivity index (χ3v) is 5.02. The standard InChI is InChI=1S/C14H21NO4/c16-13(15-7-10-2-1-5-19-10)11-8-3-4-9(6-8)12(11)14(17)18/h8-12H,1-7H2,(H,15,16)(H,17,18)/p-1/t8-,9+,10+,11+,12+/m1/s1. The Morgan fingerprint density at radius 2 is 1.89 bits per heavy atom. The van der Waals surface area contributed by atoms with Crippen molar-refractivity contribution in [3.8, 4) is 0 Å². The van der Waals surface area contributed by atoms with Crippen molar-refractivity contribution in [3.63, 3.8) is 0 Å². The average molecular weight is 266 g/mol. The van der Waals surface area contributed by atoms with Crippen LogP contribution in [0.3, 0.4) is 0 Å². The number of carbonyl (C=O) groups is 2. The van der Waals surface area contributed by atoms with Gasteiger partial charge in [-0.1, -0.05) is 0 Å². The van der Waals surface area contributed by atoms with E-state index in [0.717, 1.165) is 38.7 Å². The molecule has 0 aromatic carbocycles. The first-order chi connectivity index (χ1) is 9.16. The zero-order valence-electron chi connectivity index (χ0n) is 11.0. The normalized spacial score (nSPS) is 40.5. The molecule has 0 aromatic rings. The molecule has 2 saturated carbocycles. The maximum atomic E-state index is 12.2. The van der Waals surface area contributed by atoms with Gasteiger partial charge in [-0.3, -0.25) is 4.79 Å². The van der Waals surface area contributed by atoms with E-state index in [9.17, 15) is 14.7 Å². The minimum Gasteiger partial charge on any atom is -0.550 e. The van der Waals surface area contributed by atoms with Gasteiger partial charge in [0.15, 0.2) is 0 Å². The van der Waals surface area contributed by atoms with E-state index in [2.05, 4.69) is 5.32 Å². The Labute approximate surface area is 112 Å². The summed E-state index contributed by atoms with van der Waals surface area (Å²) >= 11 is 0. The Balaban J connectivity index is 1.60. The van der Waals surface area contributed by atoms with Crippen molar-refractivity contribution in [2.24, 2.45) is 23.7 Å². The van der Waals surface area contributed by atoms with Crippen LogP contribution in [0.4, 0.5) is 0 Å². The Kier molecular flexibility index (Phi) is 3.48. The van der Waals surface area contributed by atoms with Gasteiger partial charge in [0.1, 0.15) is 0 Å². The number of amides is 1. The molecular formula is C14H20NO4-. The molecule has 1 heterocycles. The highest BCUT2D eigenvalue weighted by Crippen LogP contribution is 2.52. The largest absolute Gasteiger partial charge is 0.550 e. The minimum absolute atomic E-state index is 0.101. The van der Waals surface area contributed by atoms with Crippen LogP contribution in [0.25, 0.3) is 0 Å². The van der Waals surface area contributed by atoms with Crippen molar-refractivity contribution in [1.82, 2.24) is 5.32 Å². The lowest BCUT2D eigenvalue weighted by Gasteiger charge is -2.31. The number of carboxylic acids is 1. The van der Waals surface area contributed by atoms with Crippen LogP contribution in [0.2, 0.25) is 0 Å². The van der Waals surface area contributed by atoms with Crippen LogP contribution in [0.15, 0.2) is 0 Å². The molecular weight excluding hydrogens is 246 g/mol. The summed E-state index contributed by atoms with van der Waals surface area (Å²) in [6.45, 7) is 1.27.